The van der Waals surface area contributed by atoms with Gasteiger partial charge >= 0.3 is 5.97 Å². The van der Waals surface area contributed by atoms with Crippen molar-refractivity contribution in [3.63, 3.8) is 0 Å². The Bertz CT molecular complexity index is 638. The molecule has 1 heterocycles. The van der Waals surface area contributed by atoms with Gasteiger partial charge in [-0.1, -0.05) is 19.4 Å². The predicted molar refractivity (Wildman–Crippen MR) is 82.6 cm³/mol. The average Bonchev–Trinajstić information content (AvgIpc) is 2.67. The number of fused-ring (bicyclic) bond motifs is 1. The fourth-order valence-electron chi connectivity index (χ4n) is 3.07. The second-order valence-electron chi connectivity index (χ2n) is 5.64. The van der Waals surface area contributed by atoms with E-state index in [2.05, 4.69) is 32.3 Å². The average molecular weight is 273 g/mol. The van der Waals surface area contributed by atoms with Crippen molar-refractivity contribution in [1.29, 1.82) is 0 Å². The van der Waals surface area contributed by atoms with Crippen LogP contribution in [0.5, 0.6) is 0 Å². The molecule has 0 bridgehead atoms. The number of carbonyl (C=O) groups is 1. The largest absolute Gasteiger partial charge is 0.478 e. The monoisotopic (exact) mass is 273 g/mol. The maximum Gasteiger partial charge on any atom is 0.336 e. The summed E-state index contributed by atoms with van der Waals surface area (Å²) in [6.07, 6.45) is 3.15. The number of hydrogen-bond donors (Lipinski definition) is 1. The van der Waals surface area contributed by atoms with E-state index in [1.54, 1.807) is 6.07 Å². The van der Waals surface area contributed by atoms with E-state index < -0.39 is 5.97 Å². The highest BCUT2D eigenvalue weighted by Crippen LogP contribution is 2.32. The highest BCUT2D eigenvalue weighted by molar-refractivity contribution is 6.05. The van der Waals surface area contributed by atoms with Gasteiger partial charge in [-0.3, -0.25) is 0 Å². The van der Waals surface area contributed by atoms with E-state index >= 15 is 0 Å². The van der Waals surface area contributed by atoms with Crippen LogP contribution in [-0.2, 0) is 6.42 Å². The first kappa shape index (κ1) is 14.6. The van der Waals surface area contributed by atoms with Crippen LogP contribution in [0.4, 0.5) is 0 Å². The first-order valence-electron chi connectivity index (χ1n) is 7.34. The van der Waals surface area contributed by atoms with Crippen LogP contribution in [0.3, 0.4) is 0 Å². The van der Waals surface area contributed by atoms with Gasteiger partial charge in [0.15, 0.2) is 0 Å². The van der Waals surface area contributed by atoms with Gasteiger partial charge in [0.05, 0.1) is 5.56 Å². The molecule has 0 unspecified atom stereocenters. The van der Waals surface area contributed by atoms with Gasteiger partial charge in [-0.15, -0.1) is 0 Å². The molecule has 3 nitrogen and oxygen atoms in total. The number of hydrogen-bond acceptors (Lipinski definition) is 1. The zero-order valence-electron chi connectivity index (χ0n) is 12.7. The third kappa shape index (κ3) is 2.33. The van der Waals surface area contributed by atoms with Gasteiger partial charge in [-0.05, 0) is 51.3 Å². The van der Waals surface area contributed by atoms with E-state index in [9.17, 15) is 9.90 Å². The van der Waals surface area contributed by atoms with Crippen LogP contribution in [0.15, 0.2) is 18.2 Å². The van der Waals surface area contributed by atoms with Crippen LogP contribution in [0, 0.1) is 6.92 Å². The fraction of sp³-hybridized carbons (Fsp3) is 0.471. The molecule has 0 saturated carbocycles. The van der Waals surface area contributed by atoms with Crippen molar-refractivity contribution >= 4 is 16.9 Å². The quantitative estimate of drug-likeness (QED) is 0.867. The Kier molecular flexibility index (Phi) is 4.17. The molecular weight excluding hydrogens is 250 g/mol. The first-order valence-corrected chi connectivity index (χ1v) is 7.34. The Labute approximate surface area is 120 Å². The number of unbranched alkanes of at least 4 members (excludes halogenated alkanes) is 1. The molecule has 0 amide bonds. The summed E-state index contributed by atoms with van der Waals surface area (Å²) in [5, 5.41) is 10.4. The van der Waals surface area contributed by atoms with Crippen molar-refractivity contribution in [2.45, 2.75) is 53.0 Å². The highest BCUT2D eigenvalue weighted by atomic mass is 16.4. The molecule has 0 atom stereocenters. The van der Waals surface area contributed by atoms with Crippen LogP contribution in [0.2, 0.25) is 0 Å². The molecule has 1 aromatic carbocycles. The van der Waals surface area contributed by atoms with E-state index in [1.165, 1.54) is 11.3 Å². The smallest absolute Gasteiger partial charge is 0.336 e. The molecule has 1 aromatic heterocycles. The molecule has 0 spiro atoms. The lowest BCUT2D eigenvalue weighted by molar-refractivity contribution is 0.0699. The second-order valence-corrected chi connectivity index (χ2v) is 5.64. The zero-order valence-corrected chi connectivity index (χ0v) is 12.7. The number of carboxylic acid groups (broad SMARTS) is 1. The van der Waals surface area contributed by atoms with E-state index in [1.807, 2.05) is 12.1 Å². The van der Waals surface area contributed by atoms with E-state index in [0.717, 1.165) is 30.2 Å². The maximum absolute atomic E-state index is 11.5. The molecule has 3 heteroatoms. The van der Waals surface area contributed by atoms with E-state index in [0.29, 0.717) is 11.6 Å². The van der Waals surface area contributed by atoms with E-state index in [-0.39, 0.29) is 0 Å². The number of aromatic carboxylic acids is 1. The summed E-state index contributed by atoms with van der Waals surface area (Å²) in [5.74, 6) is -0.839. The molecule has 0 aliphatic carbocycles. The number of nitrogens with zero attached hydrogens (tertiary/aromatic N) is 1. The molecule has 2 rings (SSSR count). The summed E-state index contributed by atoms with van der Waals surface area (Å²) in [6, 6.07) is 5.92. The van der Waals surface area contributed by atoms with E-state index in [4.69, 9.17) is 0 Å². The molecule has 1 N–H and O–H groups in total. The third-order valence-electron chi connectivity index (χ3n) is 3.93. The number of benzene rings is 1. The number of carboxylic acids is 1. The van der Waals surface area contributed by atoms with Gasteiger partial charge in [0, 0.05) is 22.6 Å². The molecular formula is C17H23NO2. The molecule has 0 aliphatic rings. The minimum atomic E-state index is -0.839. The van der Waals surface area contributed by atoms with Gasteiger partial charge in [0.25, 0.3) is 0 Å². The number of rotatable bonds is 5. The SMILES string of the molecule is CCCCc1c(C)n(C(C)C)c2cccc(C(=O)O)c12. The summed E-state index contributed by atoms with van der Waals surface area (Å²) >= 11 is 0. The Morgan fingerprint density at radius 3 is 2.60 bits per heavy atom. The minimum Gasteiger partial charge on any atom is -0.478 e. The maximum atomic E-state index is 11.5. The van der Waals surface area contributed by atoms with Crippen molar-refractivity contribution in [3.8, 4) is 0 Å². The molecule has 20 heavy (non-hydrogen) atoms. The van der Waals surface area contributed by atoms with Crippen LogP contribution < -0.4 is 0 Å². The van der Waals surface area contributed by atoms with Gasteiger partial charge in [-0.25, -0.2) is 4.79 Å². The first-order chi connectivity index (χ1) is 9.49. The number of aromatic nitrogens is 1. The van der Waals surface area contributed by atoms with Gasteiger partial charge < -0.3 is 9.67 Å². The normalized spacial score (nSPS) is 11.4. The lowest BCUT2D eigenvalue weighted by Crippen LogP contribution is -2.03. The molecule has 0 radical (unpaired) electrons. The van der Waals surface area contributed by atoms with Crippen molar-refractivity contribution in [2.75, 3.05) is 0 Å². The highest BCUT2D eigenvalue weighted by Gasteiger charge is 2.20. The minimum absolute atomic E-state index is 0.330. The molecule has 0 fully saturated rings. The van der Waals surface area contributed by atoms with Crippen LogP contribution >= 0.6 is 0 Å². The van der Waals surface area contributed by atoms with Crippen LogP contribution in [0.25, 0.3) is 10.9 Å². The Morgan fingerprint density at radius 2 is 2.05 bits per heavy atom. The fourth-order valence-corrected chi connectivity index (χ4v) is 3.07. The molecule has 0 aliphatic heterocycles. The summed E-state index contributed by atoms with van der Waals surface area (Å²) < 4.78 is 2.26. The van der Waals surface area contributed by atoms with Gasteiger partial charge in [0.2, 0.25) is 0 Å². The van der Waals surface area contributed by atoms with Gasteiger partial charge in [0.1, 0.15) is 0 Å². The Hall–Kier alpha value is -1.77. The lowest BCUT2D eigenvalue weighted by Gasteiger charge is -2.12. The summed E-state index contributed by atoms with van der Waals surface area (Å²) in [4.78, 5) is 11.5. The number of aryl methyl sites for hydroxylation is 1. The standard InChI is InChI=1S/C17H23NO2/c1-5-6-8-13-12(4)18(11(2)3)15-10-7-9-14(16(13)15)17(19)20/h7,9-11H,5-6,8H2,1-4H3,(H,19,20). The van der Waals surface area contributed by atoms with Gasteiger partial charge in [-0.2, -0.15) is 0 Å². The topological polar surface area (TPSA) is 42.2 Å². The van der Waals surface area contributed by atoms with Crippen molar-refractivity contribution in [1.82, 2.24) is 4.57 Å². The predicted octanol–water partition coefficient (Wildman–Crippen LogP) is 4.57. The Morgan fingerprint density at radius 1 is 1.35 bits per heavy atom. The van der Waals surface area contributed by atoms with Crippen molar-refractivity contribution < 1.29 is 9.90 Å². The van der Waals surface area contributed by atoms with Crippen molar-refractivity contribution in [2.24, 2.45) is 0 Å². The third-order valence-corrected chi connectivity index (χ3v) is 3.93. The summed E-state index contributed by atoms with van der Waals surface area (Å²) in [7, 11) is 0. The lowest BCUT2D eigenvalue weighted by atomic mass is 10.0. The second kappa shape index (κ2) is 5.70. The molecule has 108 valence electrons. The molecule has 2 aromatic rings. The summed E-state index contributed by atoms with van der Waals surface area (Å²) in [5.41, 5.74) is 3.88. The summed E-state index contributed by atoms with van der Waals surface area (Å²) in [6.45, 7) is 8.55. The zero-order chi connectivity index (χ0) is 14.9. The van der Waals surface area contributed by atoms with Crippen LogP contribution in [0.1, 0.15) is 61.3 Å². The van der Waals surface area contributed by atoms with Crippen LogP contribution in [-0.4, -0.2) is 15.6 Å². The van der Waals surface area contributed by atoms with Crippen molar-refractivity contribution in [3.05, 3.63) is 35.0 Å². The Balaban J connectivity index is 2.80. The molecule has 0 saturated heterocycles.